The minimum absolute atomic E-state index is 0.0142. The second-order valence-corrected chi connectivity index (χ2v) is 16.9. The summed E-state index contributed by atoms with van der Waals surface area (Å²) in [6, 6.07) is 1.51. The molecule has 0 radical (unpaired) electrons. The number of carbonyl (C=O) groups is 2. The Kier molecular flexibility index (Phi) is 13.3. The van der Waals surface area contributed by atoms with Crippen LogP contribution in [0.4, 0.5) is 36.3 Å². The third-order valence-electron chi connectivity index (χ3n) is 12.0. The van der Waals surface area contributed by atoms with Crippen LogP contribution in [-0.2, 0) is 4.65 Å². The Bertz CT molecular complexity index is 2510. The first-order valence-electron chi connectivity index (χ1n) is 19.9. The van der Waals surface area contributed by atoms with E-state index in [1.54, 1.807) is 16.4 Å². The molecule has 0 unspecified atom stereocenters. The Morgan fingerprint density at radius 1 is 0.855 bits per heavy atom. The van der Waals surface area contributed by atoms with E-state index in [-0.39, 0.29) is 70.9 Å². The van der Waals surface area contributed by atoms with Crippen LogP contribution in [0.15, 0.2) is 34.1 Å². The van der Waals surface area contributed by atoms with Crippen molar-refractivity contribution in [1.29, 1.82) is 0 Å². The number of carbonyl (C=O) groups excluding carboxylic acids is 1. The highest BCUT2D eigenvalue weighted by Gasteiger charge is 2.43. The Morgan fingerprint density at radius 3 is 1.81 bits per heavy atom. The summed E-state index contributed by atoms with van der Waals surface area (Å²) in [6.45, 7) is 7.38. The Balaban J connectivity index is 0.000000175. The number of benzene rings is 2. The summed E-state index contributed by atoms with van der Waals surface area (Å²) in [5, 5.41) is 12.2. The number of aromatic carboxylic acids is 1. The molecule has 4 fully saturated rings. The van der Waals surface area contributed by atoms with Crippen molar-refractivity contribution in [3.8, 4) is 11.5 Å². The highest BCUT2D eigenvalue weighted by atomic mass is 19.2. The van der Waals surface area contributed by atoms with Crippen LogP contribution < -0.4 is 36.3 Å². The monoisotopic (exact) mass is 881 g/mol. The van der Waals surface area contributed by atoms with Gasteiger partial charge in [-0.05, 0) is 50.2 Å². The molecule has 4 heterocycles. The number of ether oxygens (including phenoxy) is 2. The predicted octanol–water partition coefficient (Wildman–Crippen LogP) is 6.21. The van der Waals surface area contributed by atoms with Crippen LogP contribution >= 0.6 is 0 Å². The lowest BCUT2D eigenvalue weighted by Gasteiger charge is -2.26. The van der Waals surface area contributed by atoms with E-state index in [2.05, 4.69) is 23.8 Å². The molecule has 62 heavy (non-hydrogen) atoms. The number of halogens is 7. The fourth-order valence-corrected chi connectivity index (χ4v) is 8.00. The molecule has 2 aromatic carbocycles. The molecular formula is C41H47BF7N5O8. The molecule has 2 aromatic heterocycles. The number of aromatic nitrogens is 2. The van der Waals surface area contributed by atoms with E-state index in [0.717, 1.165) is 45.3 Å². The van der Waals surface area contributed by atoms with Crippen molar-refractivity contribution in [3.63, 3.8) is 0 Å². The molecule has 0 amide bonds. The van der Waals surface area contributed by atoms with Gasteiger partial charge >= 0.3 is 19.4 Å². The summed E-state index contributed by atoms with van der Waals surface area (Å²) >= 11 is 0. The molecule has 336 valence electrons. The highest BCUT2D eigenvalue weighted by molar-refractivity contribution is 6.38. The number of nitrogens with zero attached hydrogens (tertiary/aromatic N) is 3. The van der Waals surface area contributed by atoms with E-state index in [9.17, 15) is 50.5 Å². The third kappa shape index (κ3) is 8.96. The molecule has 8 rings (SSSR count). The first-order valence-corrected chi connectivity index (χ1v) is 19.9. The summed E-state index contributed by atoms with van der Waals surface area (Å²) in [5.41, 5.74) is 3.09. The summed E-state index contributed by atoms with van der Waals surface area (Å²) in [4.78, 5) is 50.0. The number of pyridine rings is 2. The average Bonchev–Trinajstić information content (AvgIpc) is 4.15. The van der Waals surface area contributed by atoms with E-state index in [4.69, 9.17) is 15.2 Å². The van der Waals surface area contributed by atoms with Gasteiger partial charge in [-0.15, -0.1) is 0 Å². The topological polar surface area (TPSA) is 167 Å². The molecule has 2 aliphatic heterocycles. The molecule has 4 N–H and O–H groups in total. The fourth-order valence-electron chi connectivity index (χ4n) is 8.00. The summed E-state index contributed by atoms with van der Waals surface area (Å²) in [6.07, 6.45) is 5.30. The number of methoxy groups -OCH3 is 2. The van der Waals surface area contributed by atoms with E-state index in [1.165, 1.54) is 17.9 Å². The largest absolute Gasteiger partial charge is 0.798 e. The molecule has 4 aromatic rings. The number of carboxylic acids is 1. The first kappa shape index (κ1) is 46.2. The molecule has 4 aliphatic rings. The second kappa shape index (κ2) is 17.8. The zero-order valence-corrected chi connectivity index (χ0v) is 34.6. The van der Waals surface area contributed by atoms with E-state index in [0.29, 0.717) is 24.4 Å². The zero-order valence-electron chi connectivity index (χ0n) is 34.6. The Morgan fingerprint density at radius 2 is 1.37 bits per heavy atom. The maximum Gasteiger partial charge on any atom is 0.798 e. The van der Waals surface area contributed by atoms with Gasteiger partial charge in [0.25, 0.3) is 0 Å². The van der Waals surface area contributed by atoms with E-state index in [1.807, 2.05) is 0 Å². The minimum Gasteiger partial charge on any atom is -0.492 e. The van der Waals surface area contributed by atoms with E-state index < -0.39 is 82.7 Å². The normalized spacial score (nSPS) is 21.5. The van der Waals surface area contributed by atoms with Crippen molar-refractivity contribution in [1.82, 2.24) is 14.5 Å². The first-order chi connectivity index (χ1) is 29.2. The van der Waals surface area contributed by atoms with Crippen molar-refractivity contribution in [3.05, 3.63) is 73.6 Å². The predicted molar refractivity (Wildman–Crippen MR) is 217 cm³/mol. The van der Waals surface area contributed by atoms with Crippen LogP contribution in [0, 0.1) is 34.7 Å². The lowest BCUT2D eigenvalue weighted by molar-refractivity contribution is 0.0682. The lowest BCUT2D eigenvalue weighted by atomic mass is 9.83. The van der Waals surface area contributed by atoms with Gasteiger partial charge in [0.15, 0.2) is 23.1 Å². The number of nitrogens with one attached hydrogen (secondary N) is 1. The fraction of sp³-hybridized carbons (Fsp3) is 0.512. The van der Waals surface area contributed by atoms with Crippen LogP contribution in [-0.4, -0.2) is 92.9 Å². The van der Waals surface area contributed by atoms with Crippen LogP contribution in [0.3, 0.4) is 0 Å². The van der Waals surface area contributed by atoms with Crippen molar-refractivity contribution >= 4 is 46.9 Å². The van der Waals surface area contributed by atoms with Crippen LogP contribution in [0.1, 0.15) is 79.3 Å². The maximum absolute atomic E-state index is 15.2. The van der Waals surface area contributed by atoms with Crippen molar-refractivity contribution < 1.29 is 59.4 Å². The summed E-state index contributed by atoms with van der Waals surface area (Å²) in [5.74, 6) is -6.83. The molecule has 2 saturated carbocycles. The molecular weight excluding hydrogens is 834 g/mol. The maximum atomic E-state index is 15.2. The van der Waals surface area contributed by atoms with Gasteiger partial charge in [0.05, 0.1) is 49.4 Å². The number of alkyl halides is 2. The average molecular weight is 882 g/mol. The van der Waals surface area contributed by atoms with Crippen molar-refractivity contribution in [2.75, 3.05) is 58.6 Å². The second-order valence-electron chi connectivity index (χ2n) is 16.9. The third-order valence-corrected chi connectivity index (χ3v) is 12.0. The van der Waals surface area contributed by atoms with Crippen LogP contribution in [0.25, 0.3) is 21.8 Å². The lowest BCUT2D eigenvalue weighted by Crippen LogP contribution is -2.45. The molecule has 0 bridgehead atoms. The summed E-state index contributed by atoms with van der Waals surface area (Å²) < 4.78 is 110. The Hall–Kier alpha value is -5.31. The van der Waals surface area contributed by atoms with Crippen LogP contribution in [0.2, 0.25) is 0 Å². The number of rotatable bonds is 10. The number of carboxylic acid groups (broad SMARTS) is 1. The van der Waals surface area contributed by atoms with Gasteiger partial charge in [-0.1, -0.05) is 13.8 Å². The highest BCUT2D eigenvalue weighted by Crippen LogP contribution is 2.46. The number of hydrogen-bond acceptors (Lipinski definition) is 10. The SMILES string of the molecule is CC1(C)CNC[C@@H]1CF.COc1c(F)c(F)cc2c(=O)c(C(=O)OB(F)F)cn(C3CC3)c12.COc1c(N2C[C@H](CF)[C@](C)(N)C2)c(F)cc2c(=O)c(C(=O)O)cn(C3CC3)c12. The van der Waals surface area contributed by atoms with Crippen molar-refractivity contribution in [2.45, 2.75) is 64.1 Å². The number of fused-ring (bicyclic) bond motifs is 2. The van der Waals surface area contributed by atoms with Crippen molar-refractivity contribution in [2.24, 2.45) is 23.0 Å². The number of anilines is 1. The van der Waals surface area contributed by atoms with E-state index >= 15 is 4.39 Å². The van der Waals surface area contributed by atoms with Gasteiger partial charge in [-0.3, -0.25) is 18.4 Å². The molecule has 2 saturated heterocycles. The quantitative estimate of drug-likeness (QED) is 0.122. The molecule has 0 spiro atoms. The van der Waals surface area contributed by atoms with Gasteiger partial charge in [0.2, 0.25) is 16.7 Å². The van der Waals surface area contributed by atoms with Gasteiger partial charge in [0, 0.05) is 68.0 Å². The molecule has 2 aliphatic carbocycles. The minimum atomic E-state index is -3.40. The smallest absolute Gasteiger partial charge is 0.492 e. The number of hydrogen-bond donors (Lipinski definition) is 3. The van der Waals surface area contributed by atoms with Crippen LogP contribution in [0.5, 0.6) is 11.5 Å². The molecule has 13 nitrogen and oxygen atoms in total. The van der Waals surface area contributed by atoms with Gasteiger partial charge in [-0.25, -0.2) is 27.0 Å². The van der Waals surface area contributed by atoms with Gasteiger partial charge in [-0.2, -0.15) is 4.39 Å². The number of nitrogens with two attached hydrogens (primary N) is 1. The standard InChI is InChI=1S/C20H23F2N3O4.C14H10BF4NO4.C7H14FN/c1-20(23)9-24(7-10(20)6-21)16-14(22)5-12-15(18(16)29-2)25(11-3-4-11)8-13(17(12)26)19(27)28;1-23-13-10(17)9(16)4-7-11(13)20(6-2-3-6)5-8(12(7)21)14(22)24-15(18)19;1-7(2)5-9-4-6(7)3-8/h5,8,10-11H,3-4,6-7,9,23H2,1-2H3,(H,27,28);4-6H,2-3H2,1H3;6,9H,3-5H2,1-2H3/t10-,20+;;6-/m0.0/s1. The zero-order chi connectivity index (χ0) is 45.6. The summed E-state index contributed by atoms with van der Waals surface area (Å²) in [7, 11) is -0.922. The Labute approximate surface area is 351 Å². The molecule has 21 heteroatoms. The van der Waals surface area contributed by atoms with Gasteiger partial charge in [0.1, 0.15) is 16.8 Å². The molecule has 3 atom stereocenters. The van der Waals surface area contributed by atoms with Gasteiger partial charge < -0.3 is 44.3 Å².